The number of nitrogens with one attached hydrogen (secondary N) is 2. The van der Waals surface area contributed by atoms with Gasteiger partial charge in [-0.1, -0.05) is 38.2 Å². The molecule has 0 unspecified atom stereocenters. The Hall–Kier alpha value is -7.32. The van der Waals surface area contributed by atoms with Crippen LogP contribution in [0, 0.1) is 0 Å². The first kappa shape index (κ1) is 51.3. The van der Waals surface area contributed by atoms with E-state index in [0.29, 0.717) is 52.3 Å². The first-order chi connectivity index (χ1) is 31.6. The maximum atomic E-state index is 13.7. The quantitative estimate of drug-likeness (QED) is 0.0493. The fourth-order valence-corrected chi connectivity index (χ4v) is 6.95. The van der Waals surface area contributed by atoms with E-state index in [4.69, 9.17) is 43.1 Å². The lowest BCUT2D eigenvalue weighted by Gasteiger charge is -2.28. The Kier molecular flexibility index (Phi) is 19.2. The van der Waals surface area contributed by atoms with Crippen LogP contribution < -0.4 is 48.8 Å². The number of hydrogen-bond donors (Lipinski definition) is 7. The second-order valence-electron chi connectivity index (χ2n) is 15.0. The number of likely N-dealkylation sites (tertiary alicyclic amines) is 1. The van der Waals surface area contributed by atoms with Gasteiger partial charge in [0.05, 0.1) is 18.1 Å². The number of nitrogens with zero attached hydrogens (tertiary/aromatic N) is 7. The average Bonchev–Trinajstić information content (AvgIpc) is 3.81. The van der Waals surface area contributed by atoms with Gasteiger partial charge in [0.1, 0.15) is 40.6 Å². The van der Waals surface area contributed by atoms with Crippen LogP contribution in [0.5, 0.6) is 11.5 Å². The number of nitrogens with two attached hydrogens (primary N) is 5. The second-order valence-corrected chi connectivity index (χ2v) is 15.0. The number of carbonyl (C=O) groups is 4. The molecule has 1 saturated heterocycles. The minimum Gasteiger partial charge on any atom is -0.494 e. The van der Waals surface area contributed by atoms with Crippen LogP contribution in [-0.2, 0) is 22.7 Å². The van der Waals surface area contributed by atoms with Gasteiger partial charge in [-0.05, 0) is 90.0 Å². The molecule has 5 rings (SSSR count). The Bertz CT molecular complexity index is 2570. The van der Waals surface area contributed by atoms with Crippen LogP contribution in [0.25, 0.3) is 22.1 Å². The summed E-state index contributed by atoms with van der Waals surface area (Å²) in [5.41, 5.74) is 32.1. The minimum atomic E-state index is -0.692. The van der Waals surface area contributed by atoms with E-state index < -0.39 is 23.6 Å². The zero-order chi connectivity index (χ0) is 48.5. The molecular weight excluding hydrogens is 845 g/mol. The Morgan fingerprint density at radius 1 is 0.712 bits per heavy atom. The van der Waals surface area contributed by atoms with Gasteiger partial charge in [0.2, 0.25) is 23.7 Å². The zero-order valence-corrected chi connectivity index (χ0v) is 38.9. The molecule has 2 aromatic heterocycles. The first-order valence-corrected chi connectivity index (χ1v) is 21.9. The molecule has 1 fully saturated rings. The number of carbonyl (C=O) groups excluding carboxylic acids is 4. The summed E-state index contributed by atoms with van der Waals surface area (Å²) in [6, 6.07) is 6.29. The molecule has 0 saturated carbocycles. The van der Waals surface area contributed by atoms with Crippen LogP contribution in [0.4, 0.5) is 11.9 Å². The fraction of sp³-hybridized carbons (Fsp3) is 0.391. The molecule has 1 aliphatic rings. The van der Waals surface area contributed by atoms with Crippen molar-refractivity contribution in [2.75, 3.05) is 57.1 Å². The number of imidazole rings is 2. The number of fused-ring (bicyclic) bond motifs is 2. The molecule has 0 radical (unpaired) electrons. The van der Waals surface area contributed by atoms with Gasteiger partial charge in [0, 0.05) is 61.3 Å². The topological polar surface area (TPSA) is 304 Å². The largest absolute Gasteiger partial charge is 0.494 e. The maximum Gasteiger partial charge on any atom is 0.276 e. The highest BCUT2D eigenvalue weighted by Gasteiger charge is 2.23. The number of benzene rings is 2. The number of piperidine rings is 1. The van der Waals surface area contributed by atoms with Crippen molar-refractivity contribution in [3.63, 3.8) is 0 Å². The minimum absolute atomic E-state index is 0.0889. The number of aromatic nitrogens is 4. The highest BCUT2D eigenvalue weighted by Crippen LogP contribution is 2.33. The van der Waals surface area contributed by atoms with Gasteiger partial charge in [-0.25, -0.2) is 9.97 Å². The summed E-state index contributed by atoms with van der Waals surface area (Å²) in [5.74, 6) is -1.69. The van der Waals surface area contributed by atoms with E-state index in [1.807, 2.05) is 32.1 Å². The number of ether oxygens (including phenoxy) is 2. The predicted octanol–water partition coefficient (Wildman–Crippen LogP) is 3.76. The van der Waals surface area contributed by atoms with E-state index in [1.54, 1.807) is 49.0 Å². The van der Waals surface area contributed by atoms with Crippen molar-refractivity contribution in [3.05, 3.63) is 83.2 Å². The number of aliphatic imine (C=N–C) groups is 2. The zero-order valence-electron chi connectivity index (χ0n) is 38.9. The second kappa shape index (κ2) is 24.7. The van der Waals surface area contributed by atoms with Crippen molar-refractivity contribution in [3.8, 4) is 11.5 Å². The third-order valence-electron chi connectivity index (χ3n) is 9.94. The van der Waals surface area contributed by atoms with Crippen LogP contribution in [0.15, 0.2) is 82.1 Å². The molecule has 0 aliphatic carbocycles. The molecule has 12 N–H and O–H groups in total. The molecule has 20 nitrogen and oxygen atoms in total. The van der Waals surface area contributed by atoms with E-state index in [1.165, 1.54) is 37.5 Å². The predicted molar refractivity (Wildman–Crippen MR) is 261 cm³/mol. The molecule has 1 aliphatic heterocycles. The third kappa shape index (κ3) is 13.6. The Morgan fingerprint density at radius 2 is 1.15 bits per heavy atom. The summed E-state index contributed by atoms with van der Waals surface area (Å²) >= 11 is 0. The number of amides is 4. The number of anilines is 2. The summed E-state index contributed by atoms with van der Waals surface area (Å²) in [7, 11) is 1.44. The normalized spacial score (nSPS) is 14.5. The van der Waals surface area contributed by atoms with Gasteiger partial charge in [0.25, 0.3) is 11.8 Å². The summed E-state index contributed by atoms with van der Waals surface area (Å²) in [6.07, 6.45) is 12.3. The SMILES string of the molecule is CC.CCN=C(/C=C(/C)N)C(=O)Nc1nc2cc(C(N)=O)cc(OC)c2n1C/C=C/Cn1c(NC(=O)C(/C=C(/C)N)=NCC)nc2cc(C(N)=O)cc(OC/C=C\CN3CCC(N)CC3)c21. The van der Waals surface area contributed by atoms with Crippen molar-refractivity contribution in [1.82, 2.24) is 24.0 Å². The van der Waals surface area contributed by atoms with Gasteiger partial charge in [0.15, 0.2) is 0 Å². The molecule has 4 amide bonds. The Morgan fingerprint density at radius 3 is 1.58 bits per heavy atom. The molecule has 2 aromatic carbocycles. The lowest BCUT2D eigenvalue weighted by Crippen LogP contribution is -2.39. The highest BCUT2D eigenvalue weighted by atomic mass is 16.5. The number of hydrogen-bond acceptors (Lipinski definition) is 14. The van der Waals surface area contributed by atoms with Gasteiger partial charge >= 0.3 is 0 Å². The van der Waals surface area contributed by atoms with Gasteiger partial charge in [-0.2, -0.15) is 0 Å². The first-order valence-electron chi connectivity index (χ1n) is 21.9. The number of allylic oxidation sites excluding steroid dienone is 4. The third-order valence-corrected chi connectivity index (χ3v) is 9.94. The van der Waals surface area contributed by atoms with Crippen LogP contribution >= 0.6 is 0 Å². The van der Waals surface area contributed by atoms with Crippen molar-refractivity contribution >= 4 is 69.0 Å². The average molecular weight is 909 g/mol. The van der Waals surface area contributed by atoms with Crippen LogP contribution in [-0.4, -0.2) is 112 Å². The Balaban J connectivity index is 0.00000469. The number of primary amides is 2. The molecule has 354 valence electrons. The summed E-state index contributed by atoms with van der Waals surface area (Å²) < 4.78 is 15.4. The molecule has 66 heavy (non-hydrogen) atoms. The maximum absolute atomic E-state index is 13.7. The summed E-state index contributed by atoms with van der Waals surface area (Å²) in [5, 5.41) is 5.69. The van der Waals surface area contributed by atoms with Crippen molar-refractivity contribution in [2.24, 2.45) is 38.7 Å². The van der Waals surface area contributed by atoms with Gasteiger partial charge in [-0.3, -0.25) is 44.7 Å². The van der Waals surface area contributed by atoms with E-state index in [0.717, 1.165) is 32.5 Å². The highest BCUT2D eigenvalue weighted by molar-refractivity contribution is 6.47. The van der Waals surface area contributed by atoms with Crippen molar-refractivity contribution in [1.29, 1.82) is 0 Å². The lowest BCUT2D eigenvalue weighted by atomic mass is 10.1. The van der Waals surface area contributed by atoms with Crippen LogP contribution in [0.1, 0.15) is 75.1 Å². The smallest absolute Gasteiger partial charge is 0.276 e. The van der Waals surface area contributed by atoms with Crippen LogP contribution in [0.2, 0.25) is 0 Å². The Labute approximate surface area is 384 Å². The van der Waals surface area contributed by atoms with Crippen molar-refractivity contribution < 1.29 is 28.7 Å². The molecule has 3 heterocycles. The van der Waals surface area contributed by atoms with E-state index in [2.05, 4.69) is 30.5 Å². The van der Waals surface area contributed by atoms with Gasteiger partial charge < -0.3 is 47.3 Å². The molecule has 0 bridgehead atoms. The number of rotatable bonds is 20. The molecule has 4 aromatic rings. The van der Waals surface area contributed by atoms with E-state index >= 15 is 0 Å². The monoisotopic (exact) mass is 909 g/mol. The molecule has 0 atom stereocenters. The van der Waals surface area contributed by atoms with Gasteiger partial charge in [-0.15, -0.1) is 0 Å². The van der Waals surface area contributed by atoms with Crippen LogP contribution in [0.3, 0.4) is 0 Å². The molecule has 0 spiro atoms. The molecular formula is C46H64N14O6. The summed E-state index contributed by atoms with van der Waals surface area (Å²) in [4.78, 5) is 72.3. The fourth-order valence-electron chi connectivity index (χ4n) is 6.95. The number of methoxy groups -OCH3 is 1. The molecule has 20 heteroatoms. The van der Waals surface area contributed by atoms with E-state index in [9.17, 15) is 19.2 Å². The van der Waals surface area contributed by atoms with Crippen molar-refractivity contribution in [2.45, 2.75) is 73.5 Å². The standard InChI is InChI=1S/C44H58N14O6.C2H6/c1-6-50-33(20-26(3)45)41(61)54-43-52-31-22-28(39(48)59)24-35(63-5)37(31)57(43)15-8-9-16-58-38-32(53-44(58)55-42(62)34(51-7-2)21-27(4)46)23-29(40(49)60)25-36(38)64-19-11-10-14-56-17-12-30(47)13-18-56;1-2/h8-11,20-25,30H,6-7,12-19,45-47H2,1-5H3,(H2,48,59)(H2,49,60)(H,52,54,61)(H,53,55,62);1-2H3/b9-8+,11-10-,26-20-,27-21-,50-33?,51-34?;. The lowest BCUT2D eigenvalue weighted by molar-refractivity contribution is -0.111. The summed E-state index contributed by atoms with van der Waals surface area (Å²) in [6.45, 7) is 14.5. The van der Waals surface area contributed by atoms with E-state index in [-0.39, 0.29) is 65.9 Å².